The van der Waals surface area contributed by atoms with Crippen LogP contribution >= 0.6 is 0 Å². The van der Waals surface area contributed by atoms with E-state index in [1.54, 1.807) is 19.2 Å². The van der Waals surface area contributed by atoms with Crippen molar-refractivity contribution in [2.24, 2.45) is 0 Å². The van der Waals surface area contributed by atoms with Gasteiger partial charge < -0.3 is 10.0 Å². The monoisotopic (exact) mass is 362 g/mol. The zero-order valence-corrected chi connectivity index (χ0v) is 14.0. The zero-order chi connectivity index (χ0) is 18.6. The van der Waals surface area contributed by atoms with Crippen LogP contribution in [0.3, 0.4) is 0 Å². The number of nitrogens with zero attached hydrogens (tertiary/aromatic N) is 2. The van der Waals surface area contributed by atoms with Gasteiger partial charge in [-0.15, -0.1) is 0 Å². The Balaban J connectivity index is 1.97. The van der Waals surface area contributed by atoms with Crippen LogP contribution in [0.25, 0.3) is 0 Å². The summed E-state index contributed by atoms with van der Waals surface area (Å²) in [6.45, 7) is 0.392. The lowest BCUT2D eigenvalue weighted by atomic mass is 9.97. The summed E-state index contributed by atoms with van der Waals surface area (Å²) >= 11 is 0. The fourth-order valence-corrected chi connectivity index (χ4v) is 3.04. The van der Waals surface area contributed by atoms with Crippen LogP contribution in [-0.2, 0) is 11.3 Å². The van der Waals surface area contributed by atoms with Crippen LogP contribution in [-0.4, -0.2) is 59.3 Å². The maximum Gasteiger partial charge on any atom is 0.415 e. The fraction of sp³-hybridized carbons (Fsp3) is 0.588. The molecule has 1 amide bonds. The van der Waals surface area contributed by atoms with E-state index in [1.165, 1.54) is 21.9 Å². The molecule has 2 atom stereocenters. The summed E-state index contributed by atoms with van der Waals surface area (Å²) in [5, 5.41) is 9.57. The largest absolute Gasteiger partial charge is 0.415 e. The Kier molecular flexibility index (Phi) is 6.40. The van der Waals surface area contributed by atoms with Gasteiger partial charge in [0.1, 0.15) is 5.82 Å². The average Bonchev–Trinajstić information content (AvgIpc) is 2.56. The Morgan fingerprint density at radius 3 is 2.56 bits per heavy atom. The molecular weight excluding hydrogens is 340 g/mol. The molecule has 1 aromatic rings. The van der Waals surface area contributed by atoms with Crippen LogP contribution < -0.4 is 0 Å². The molecule has 1 N–H and O–H groups in total. The van der Waals surface area contributed by atoms with E-state index in [2.05, 4.69) is 0 Å². The van der Waals surface area contributed by atoms with Crippen molar-refractivity contribution < 1.29 is 27.5 Å². The normalized spacial score (nSPS) is 20.3. The van der Waals surface area contributed by atoms with Gasteiger partial charge in [0.05, 0.1) is 6.54 Å². The lowest BCUT2D eigenvalue weighted by Gasteiger charge is -2.39. The third-order valence-electron chi connectivity index (χ3n) is 4.46. The number of alkyl halides is 3. The van der Waals surface area contributed by atoms with E-state index in [9.17, 15) is 27.5 Å². The minimum Gasteiger partial charge on any atom is -0.382 e. The first kappa shape index (κ1) is 19.7. The highest BCUT2D eigenvalue weighted by Crippen LogP contribution is 2.29. The van der Waals surface area contributed by atoms with Crippen LogP contribution in [0, 0.1) is 5.82 Å². The maximum absolute atomic E-state index is 12.9. The van der Waals surface area contributed by atoms with E-state index < -0.39 is 18.3 Å². The molecule has 0 bridgehead atoms. The SMILES string of the molecule is CN(Cc1ccc(F)cc1)C(=O)CN1CCCC[C@@H]1[C@H](O)C(F)(F)F. The highest BCUT2D eigenvalue weighted by atomic mass is 19.4. The smallest absolute Gasteiger partial charge is 0.382 e. The molecular formula is C17H22F4N2O2. The number of carbonyl (C=O) groups is 1. The average molecular weight is 362 g/mol. The van der Waals surface area contributed by atoms with Crippen LogP contribution in [0.4, 0.5) is 17.6 Å². The second-order valence-electron chi connectivity index (χ2n) is 6.40. The number of likely N-dealkylation sites (N-methyl/N-ethyl adjacent to an activating group) is 1. The first-order valence-electron chi connectivity index (χ1n) is 8.15. The number of likely N-dealkylation sites (tertiary alicyclic amines) is 1. The number of benzene rings is 1. The predicted molar refractivity (Wildman–Crippen MR) is 84.1 cm³/mol. The molecule has 0 spiro atoms. The number of aliphatic hydroxyl groups excluding tert-OH is 1. The van der Waals surface area contributed by atoms with Crippen LogP contribution in [0.2, 0.25) is 0 Å². The van der Waals surface area contributed by atoms with Crippen molar-refractivity contribution in [2.45, 2.75) is 44.1 Å². The summed E-state index contributed by atoms with van der Waals surface area (Å²) in [4.78, 5) is 15.1. The van der Waals surface area contributed by atoms with Crippen molar-refractivity contribution >= 4 is 5.91 Å². The van der Waals surface area contributed by atoms with Crippen molar-refractivity contribution in [1.82, 2.24) is 9.80 Å². The molecule has 0 saturated carbocycles. The fourth-order valence-electron chi connectivity index (χ4n) is 3.04. The van der Waals surface area contributed by atoms with Crippen molar-refractivity contribution in [3.05, 3.63) is 35.6 Å². The number of halogens is 4. The second kappa shape index (κ2) is 8.14. The molecule has 1 aliphatic rings. The molecule has 0 aliphatic carbocycles. The molecule has 4 nitrogen and oxygen atoms in total. The van der Waals surface area contributed by atoms with Gasteiger partial charge in [0.2, 0.25) is 5.91 Å². The van der Waals surface area contributed by atoms with Crippen LogP contribution in [0.5, 0.6) is 0 Å². The summed E-state index contributed by atoms with van der Waals surface area (Å²) < 4.78 is 51.4. The van der Waals surface area contributed by atoms with E-state index in [1.807, 2.05) is 0 Å². The number of carbonyl (C=O) groups excluding carboxylic acids is 1. The van der Waals surface area contributed by atoms with Gasteiger partial charge in [-0.2, -0.15) is 13.2 Å². The van der Waals surface area contributed by atoms with E-state index >= 15 is 0 Å². The van der Waals surface area contributed by atoms with Gasteiger partial charge in [0.15, 0.2) is 6.10 Å². The minimum absolute atomic E-state index is 0.185. The quantitative estimate of drug-likeness (QED) is 0.819. The van der Waals surface area contributed by atoms with Gasteiger partial charge in [0, 0.05) is 19.6 Å². The zero-order valence-electron chi connectivity index (χ0n) is 14.0. The van der Waals surface area contributed by atoms with Crippen molar-refractivity contribution in [3.63, 3.8) is 0 Å². The summed E-state index contributed by atoms with van der Waals surface area (Å²) in [7, 11) is 1.55. The van der Waals surface area contributed by atoms with Gasteiger partial charge in [-0.05, 0) is 37.1 Å². The maximum atomic E-state index is 12.9. The van der Waals surface area contributed by atoms with Gasteiger partial charge in [0.25, 0.3) is 0 Å². The van der Waals surface area contributed by atoms with E-state index in [4.69, 9.17) is 0 Å². The number of rotatable bonds is 5. The third-order valence-corrected chi connectivity index (χ3v) is 4.46. The molecule has 1 saturated heterocycles. The molecule has 1 aliphatic heterocycles. The van der Waals surface area contributed by atoms with Gasteiger partial charge in [-0.25, -0.2) is 4.39 Å². The molecule has 140 valence electrons. The minimum atomic E-state index is -4.71. The highest BCUT2D eigenvalue weighted by Gasteiger charge is 2.46. The molecule has 0 aromatic heterocycles. The van der Waals surface area contributed by atoms with Crippen LogP contribution in [0.1, 0.15) is 24.8 Å². The van der Waals surface area contributed by atoms with E-state index in [-0.39, 0.29) is 31.2 Å². The molecule has 0 unspecified atom stereocenters. The molecule has 1 fully saturated rings. The molecule has 8 heteroatoms. The Morgan fingerprint density at radius 1 is 1.32 bits per heavy atom. The summed E-state index contributed by atoms with van der Waals surface area (Å²) in [6, 6.07) is 4.57. The summed E-state index contributed by atoms with van der Waals surface area (Å²) in [5.41, 5.74) is 0.725. The number of aliphatic hydroxyl groups is 1. The number of amides is 1. The standard InChI is InChI=1S/C17H22F4N2O2/c1-22(10-12-5-7-13(18)8-6-12)15(24)11-23-9-3-2-4-14(23)16(25)17(19,20)21/h5-8,14,16,25H,2-4,9-11H2,1H3/t14-,16+/m1/s1. The summed E-state index contributed by atoms with van der Waals surface area (Å²) in [5.74, 6) is -0.722. The van der Waals surface area contributed by atoms with Gasteiger partial charge >= 0.3 is 6.18 Å². The number of hydrogen-bond acceptors (Lipinski definition) is 3. The highest BCUT2D eigenvalue weighted by molar-refractivity contribution is 5.78. The summed E-state index contributed by atoms with van der Waals surface area (Å²) in [6.07, 6.45) is -5.67. The van der Waals surface area contributed by atoms with E-state index in [0.717, 1.165) is 5.56 Å². The molecule has 0 radical (unpaired) electrons. The Labute approximate surface area is 144 Å². The second-order valence-corrected chi connectivity index (χ2v) is 6.40. The Hall–Kier alpha value is -1.67. The molecule has 25 heavy (non-hydrogen) atoms. The first-order chi connectivity index (χ1) is 11.7. The van der Waals surface area contributed by atoms with Gasteiger partial charge in [-0.1, -0.05) is 18.6 Å². The predicted octanol–water partition coefficient (Wildman–Crippen LogP) is 2.56. The number of piperidine rings is 1. The van der Waals surface area contributed by atoms with Gasteiger partial charge in [-0.3, -0.25) is 9.69 Å². The van der Waals surface area contributed by atoms with Crippen molar-refractivity contribution in [2.75, 3.05) is 20.1 Å². The Morgan fingerprint density at radius 2 is 1.96 bits per heavy atom. The van der Waals surface area contributed by atoms with Crippen LogP contribution in [0.15, 0.2) is 24.3 Å². The van der Waals surface area contributed by atoms with E-state index in [0.29, 0.717) is 19.4 Å². The molecule has 2 rings (SSSR count). The topological polar surface area (TPSA) is 43.8 Å². The van der Waals surface area contributed by atoms with Crippen molar-refractivity contribution in [1.29, 1.82) is 0 Å². The lowest BCUT2D eigenvalue weighted by molar-refractivity contribution is -0.224. The van der Waals surface area contributed by atoms with Crippen molar-refractivity contribution in [3.8, 4) is 0 Å². The lowest BCUT2D eigenvalue weighted by Crippen LogP contribution is -2.54. The third kappa shape index (κ3) is 5.40. The first-order valence-corrected chi connectivity index (χ1v) is 8.15. The molecule has 1 heterocycles. The Bertz CT molecular complexity index is 577. The number of hydrogen-bond donors (Lipinski definition) is 1. The molecule has 1 aromatic carbocycles.